The van der Waals surface area contributed by atoms with Crippen molar-refractivity contribution < 1.29 is 24.2 Å². The van der Waals surface area contributed by atoms with Gasteiger partial charge in [0.25, 0.3) is 0 Å². The zero-order valence-corrected chi connectivity index (χ0v) is 14.9. The van der Waals surface area contributed by atoms with Crippen LogP contribution in [-0.2, 0) is 19.1 Å². The second-order valence-electron chi connectivity index (χ2n) is 7.65. The van der Waals surface area contributed by atoms with Gasteiger partial charge in [-0.05, 0) is 58.4 Å². The molecule has 2 bridgehead atoms. The predicted molar refractivity (Wildman–Crippen MR) is 93.0 cm³/mol. The zero-order valence-electron chi connectivity index (χ0n) is 14.9. The molecule has 3 aliphatic rings. The van der Waals surface area contributed by atoms with E-state index in [1.54, 1.807) is 6.08 Å². The summed E-state index contributed by atoms with van der Waals surface area (Å²) < 4.78 is 11.6. The van der Waals surface area contributed by atoms with Crippen LogP contribution in [0, 0.1) is 5.92 Å². The van der Waals surface area contributed by atoms with Gasteiger partial charge in [0.2, 0.25) is 0 Å². The van der Waals surface area contributed by atoms with Gasteiger partial charge >= 0.3 is 11.9 Å². The van der Waals surface area contributed by atoms with E-state index < -0.39 is 5.97 Å². The van der Waals surface area contributed by atoms with Gasteiger partial charge < -0.3 is 14.6 Å². The smallest absolute Gasteiger partial charge is 0.334 e. The SMILES string of the molecule is C=C1C(=O)O[C@H]2/C=C(/C)CC/C=C(/C(=O)O)[C@H]3CC[C@](C)(CC[C@H]12)O3. The summed E-state index contributed by atoms with van der Waals surface area (Å²) in [6.45, 7) is 7.94. The highest BCUT2D eigenvalue weighted by molar-refractivity contribution is 5.91. The molecule has 0 saturated carbocycles. The molecular weight excluding hydrogens is 320 g/mol. The summed E-state index contributed by atoms with van der Waals surface area (Å²) in [5.74, 6) is -1.24. The van der Waals surface area contributed by atoms with E-state index in [9.17, 15) is 14.7 Å². The summed E-state index contributed by atoms with van der Waals surface area (Å²) in [6.07, 6.45) is 7.54. The Kier molecular flexibility index (Phi) is 4.87. The molecule has 3 rings (SSSR count). The van der Waals surface area contributed by atoms with E-state index in [1.807, 2.05) is 19.9 Å². The average Bonchev–Trinajstić information content (AvgIpc) is 3.03. The Labute approximate surface area is 148 Å². The second kappa shape index (κ2) is 6.79. The molecule has 25 heavy (non-hydrogen) atoms. The Balaban J connectivity index is 1.89. The van der Waals surface area contributed by atoms with Crippen molar-refractivity contribution in [2.24, 2.45) is 5.92 Å². The molecule has 3 aliphatic heterocycles. The quantitative estimate of drug-likeness (QED) is 0.446. The van der Waals surface area contributed by atoms with Gasteiger partial charge in [-0.25, -0.2) is 9.59 Å². The number of hydrogen-bond donors (Lipinski definition) is 1. The Bertz CT molecular complexity index is 659. The van der Waals surface area contributed by atoms with Gasteiger partial charge in [0.1, 0.15) is 6.10 Å². The Morgan fingerprint density at radius 3 is 2.80 bits per heavy atom. The fraction of sp³-hybridized carbons (Fsp3) is 0.600. The third kappa shape index (κ3) is 3.71. The summed E-state index contributed by atoms with van der Waals surface area (Å²) >= 11 is 0. The van der Waals surface area contributed by atoms with Crippen molar-refractivity contribution in [1.82, 2.24) is 0 Å². The van der Waals surface area contributed by atoms with Gasteiger partial charge in [-0.3, -0.25) is 0 Å². The van der Waals surface area contributed by atoms with E-state index in [2.05, 4.69) is 6.58 Å². The molecule has 0 amide bonds. The van der Waals surface area contributed by atoms with E-state index in [4.69, 9.17) is 9.47 Å². The van der Waals surface area contributed by atoms with E-state index >= 15 is 0 Å². The highest BCUT2D eigenvalue weighted by Crippen LogP contribution is 2.41. The van der Waals surface area contributed by atoms with Crippen LogP contribution in [0.1, 0.15) is 52.4 Å². The van der Waals surface area contributed by atoms with Crippen LogP contribution in [0.4, 0.5) is 0 Å². The zero-order chi connectivity index (χ0) is 18.2. The fourth-order valence-corrected chi connectivity index (χ4v) is 4.06. The van der Waals surface area contributed by atoms with Crippen LogP contribution >= 0.6 is 0 Å². The lowest BCUT2D eigenvalue weighted by atomic mass is 9.85. The molecule has 4 atom stereocenters. The van der Waals surface area contributed by atoms with Gasteiger partial charge in [-0.15, -0.1) is 0 Å². The lowest BCUT2D eigenvalue weighted by Crippen LogP contribution is -2.29. The van der Waals surface area contributed by atoms with Crippen molar-refractivity contribution in [1.29, 1.82) is 0 Å². The number of carbonyl (C=O) groups excluding carboxylic acids is 1. The minimum Gasteiger partial charge on any atom is -0.478 e. The van der Waals surface area contributed by atoms with Crippen molar-refractivity contribution in [3.05, 3.63) is 35.5 Å². The molecule has 5 heteroatoms. The van der Waals surface area contributed by atoms with Crippen molar-refractivity contribution in [3.63, 3.8) is 0 Å². The van der Waals surface area contributed by atoms with Crippen LogP contribution in [0.2, 0.25) is 0 Å². The molecule has 0 aliphatic carbocycles. The molecule has 1 N–H and O–H groups in total. The minimum absolute atomic E-state index is 0.0328. The first-order valence-corrected chi connectivity index (χ1v) is 8.97. The highest BCUT2D eigenvalue weighted by Gasteiger charge is 2.42. The highest BCUT2D eigenvalue weighted by atomic mass is 16.6. The normalized spacial score (nSPS) is 40.5. The lowest BCUT2D eigenvalue weighted by molar-refractivity contribution is -0.137. The number of aliphatic carboxylic acids is 1. The summed E-state index contributed by atoms with van der Waals surface area (Å²) in [5, 5.41) is 9.53. The maximum atomic E-state index is 11.9. The number of hydrogen-bond acceptors (Lipinski definition) is 4. The topological polar surface area (TPSA) is 72.8 Å². The van der Waals surface area contributed by atoms with Crippen LogP contribution < -0.4 is 0 Å². The second-order valence-corrected chi connectivity index (χ2v) is 7.65. The molecule has 2 saturated heterocycles. The number of rotatable bonds is 1. The number of carboxylic acids is 1. The molecule has 0 spiro atoms. The number of allylic oxidation sites excluding steroid dienone is 2. The Morgan fingerprint density at radius 2 is 2.08 bits per heavy atom. The van der Waals surface area contributed by atoms with Gasteiger partial charge in [0, 0.05) is 11.5 Å². The maximum absolute atomic E-state index is 11.9. The van der Waals surface area contributed by atoms with Crippen molar-refractivity contribution >= 4 is 11.9 Å². The molecule has 0 aromatic heterocycles. The van der Waals surface area contributed by atoms with Crippen molar-refractivity contribution in [2.45, 2.75) is 70.2 Å². The number of ether oxygens (including phenoxy) is 2. The Morgan fingerprint density at radius 1 is 1.36 bits per heavy atom. The van der Waals surface area contributed by atoms with E-state index in [0.29, 0.717) is 24.0 Å². The molecule has 0 radical (unpaired) electrons. The predicted octanol–water partition coefficient (Wildman–Crippen LogP) is 3.55. The summed E-state index contributed by atoms with van der Waals surface area (Å²) in [4.78, 5) is 23.6. The summed E-state index contributed by atoms with van der Waals surface area (Å²) in [6, 6.07) is 0. The number of esters is 1. The van der Waals surface area contributed by atoms with E-state index in [1.165, 1.54) is 0 Å². The molecule has 0 aromatic rings. The minimum atomic E-state index is -0.898. The average molecular weight is 346 g/mol. The van der Waals surface area contributed by atoms with Crippen LogP contribution in [-0.4, -0.2) is 34.9 Å². The molecule has 0 aromatic carbocycles. The first-order valence-electron chi connectivity index (χ1n) is 8.97. The number of fused-ring (bicyclic) bond motifs is 3. The van der Waals surface area contributed by atoms with Crippen molar-refractivity contribution in [3.8, 4) is 0 Å². The summed E-state index contributed by atoms with van der Waals surface area (Å²) in [5.41, 5.74) is 1.62. The molecule has 2 fully saturated rings. The largest absolute Gasteiger partial charge is 0.478 e. The third-order valence-electron chi connectivity index (χ3n) is 5.64. The molecule has 3 heterocycles. The first kappa shape index (κ1) is 17.9. The van der Waals surface area contributed by atoms with E-state index in [0.717, 1.165) is 31.3 Å². The molecule has 0 unspecified atom stereocenters. The fourth-order valence-electron chi connectivity index (χ4n) is 4.06. The van der Waals surface area contributed by atoms with Crippen LogP contribution in [0.25, 0.3) is 0 Å². The van der Waals surface area contributed by atoms with Gasteiger partial charge in [0.05, 0.1) is 17.3 Å². The van der Waals surface area contributed by atoms with Crippen LogP contribution in [0.5, 0.6) is 0 Å². The maximum Gasteiger partial charge on any atom is 0.334 e. The molecular formula is C20H26O5. The van der Waals surface area contributed by atoms with Crippen LogP contribution in [0.3, 0.4) is 0 Å². The van der Waals surface area contributed by atoms with Gasteiger partial charge in [0.15, 0.2) is 0 Å². The summed E-state index contributed by atoms with van der Waals surface area (Å²) in [7, 11) is 0. The Hall–Kier alpha value is -1.88. The van der Waals surface area contributed by atoms with Gasteiger partial charge in [-0.2, -0.15) is 0 Å². The lowest BCUT2D eigenvalue weighted by Gasteiger charge is -2.27. The molecule has 136 valence electrons. The number of carboxylic acid groups (broad SMARTS) is 1. The monoisotopic (exact) mass is 346 g/mol. The standard InChI is InChI=1S/C20H26O5/c1-12-5-4-6-15(18(21)22)16-8-10-20(3,25-16)9-7-14-13(2)19(23)24-17(14)11-12/h6,11,14,16-17H,2,4-5,7-10H2,1,3H3,(H,21,22)/b12-11-,15-6+/t14-,16-,17+,20+/m1/s1. The number of carbonyl (C=O) groups is 2. The van der Waals surface area contributed by atoms with E-state index in [-0.39, 0.29) is 29.7 Å². The third-order valence-corrected chi connectivity index (χ3v) is 5.64. The van der Waals surface area contributed by atoms with Crippen LogP contribution in [0.15, 0.2) is 35.5 Å². The van der Waals surface area contributed by atoms with Crippen molar-refractivity contribution in [2.75, 3.05) is 0 Å². The van der Waals surface area contributed by atoms with Gasteiger partial charge in [-0.1, -0.05) is 18.2 Å². The molecule has 5 nitrogen and oxygen atoms in total. The first-order chi connectivity index (χ1) is 11.8.